The van der Waals surface area contributed by atoms with E-state index in [-0.39, 0.29) is 58.3 Å². The largest absolute Gasteiger partial charge is 0.485 e. The molecule has 2 heterocycles. The lowest BCUT2D eigenvalue weighted by molar-refractivity contribution is 0.0368. The highest BCUT2D eigenvalue weighted by atomic mass is 32.2. The van der Waals surface area contributed by atoms with Crippen LogP contribution in [-0.4, -0.2) is 80.2 Å². The maximum absolute atomic E-state index is 13.6. The number of hydrogen-bond donors (Lipinski definition) is 3. The van der Waals surface area contributed by atoms with Gasteiger partial charge >= 0.3 is 6.03 Å². The number of nitrogens with one attached hydrogen (secondary N) is 2. The number of anilines is 1. The third-order valence-electron chi connectivity index (χ3n) is 7.43. The normalized spacial score (nSPS) is 21.2. The smallest absolute Gasteiger partial charge is 0.317 e. The van der Waals surface area contributed by atoms with Crippen molar-refractivity contribution in [1.29, 1.82) is 0 Å². The van der Waals surface area contributed by atoms with Gasteiger partial charge in [-0.25, -0.2) is 13.2 Å². The van der Waals surface area contributed by atoms with Crippen LogP contribution in [0.25, 0.3) is 0 Å². The molecule has 0 spiro atoms. The zero-order chi connectivity index (χ0) is 28.2. The molecule has 12 heteroatoms. The summed E-state index contributed by atoms with van der Waals surface area (Å²) in [7, 11) is -2.20. The van der Waals surface area contributed by atoms with Crippen LogP contribution in [0.4, 0.5) is 10.5 Å². The molecule has 2 aliphatic rings. The van der Waals surface area contributed by atoms with Crippen LogP contribution in [-0.2, 0) is 10.0 Å². The molecule has 10 nitrogen and oxygen atoms in total. The predicted molar refractivity (Wildman–Crippen MR) is 151 cm³/mol. The van der Waals surface area contributed by atoms with Crippen LogP contribution in [0, 0.1) is 5.92 Å². The highest BCUT2D eigenvalue weighted by molar-refractivity contribution is 7.94. The lowest BCUT2D eigenvalue weighted by Crippen LogP contribution is -2.52. The highest BCUT2D eigenvalue weighted by Crippen LogP contribution is 2.36. The number of thiophene rings is 1. The Hall–Kier alpha value is -2.83. The van der Waals surface area contributed by atoms with Crippen LogP contribution >= 0.6 is 11.3 Å². The second kappa shape index (κ2) is 12.6. The van der Waals surface area contributed by atoms with Crippen LogP contribution in [0.1, 0.15) is 56.3 Å². The molecule has 214 valence electrons. The average Bonchev–Trinajstić information content (AvgIpc) is 3.47. The molecule has 0 radical (unpaired) electrons. The minimum atomic E-state index is -3.91. The second-order valence-corrected chi connectivity index (χ2v) is 13.4. The minimum absolute atomic E-state index is 0.107. The number of para-hydroxylation sites is 1. The van der Waals surface area contributed by atoms with Crippen LogP contribution < -0.4 is 14.8 Å². The second-order valence-electron chi connectivity index (χ2n) is 10.5. The fourth-order valence-corrected chi connectivity index (χ4v) is 7.09. The maximum Gasteiger partial charge on any atom is 0.317 e. The van der Waals surface area contributed by atoms with E-state index in [2.05, 4.69) is 10.0 Å². The number of fused-ring (bicyclic) bond motifs is 1. The van der Waals surface area contributed by atoms with E-state index in [1.165, 1.54) is 12.5 Å². The Labute approximate surface area is 234 Å². The number of benzene rings is 1. The molecule has 0 unspecified atom stereocenters. The van der Waals surface area contributed by atoms with E-state index in [0.717, 1.165) is 37.0 Å². The number of ether oxygens (including phenoxy) is 1. The lowest BCUT2D eigenvalue weighted by atomic mass is 9.96. The first-order valence-electron chi connectivity index (χ1n) is 13.4. The molecule has 1 fully saturated rings. The fraction of sp³-hybridized carbons (Fsp3) is 0.556. The molecule has 3 N–H and O–H groups in total. The van der Waals surface area contributed by atoms with E-state index >= 15 is 0 Å². The van der Waals surface area contributed by atoms with E-state index in [1.54, 1.807) is 53.4 Å². The number of sulfonamides is 1. The number of carbonyl (C=O) groups excluding carboxylic acids is 2. The van der Waals surface area contributed by atoms with Gasteiger partial charge in [0.1, 0.15) is 10.3 Å². The Balaban J connectivity index is 1.65. The van der Waals surface area contributed by atoms with Crippen LogP contribution in [0.3, 0.4) is 0 Å². The van der Waals surface area contributed by atoms with Gasteiger partial charge in [-0.1, -0.05) is 38.3 Å². The topological polar surface area (TPSA) is 128 Å². The SMILES string of the molecule is C[C@@H]1CN([C@@H](C)CO)C(=O)c2cccc(NS(=O)(=O)c3cccs3)c2O[C@H]1CN(C)C(=O)NC1CCCCC1. The van der Waals surface area contributed by atoms with Gasteiger partial charge in [0.2, 0.25) is 0 Å². The number of urea groups is 1. The molecule has 1 aromatic heterocycles. The van der Waals surface area contributed by atoms with Crippen LogP contribution in [0.2, 0.25) is 0 Å². The van der Waals surface area contributed by atoms with Crippen molar-refractivity contribution in [2.45, 2.75) is 68.3 Å². The summed E-state index contributed by atoms with van der Waals surface area (Å²) in [4.78, 5) is 29.8. The van der Waals surface area contributed by atoms with E-state index < -0.39 is 22.2 Å². The summed E-state index contributed by atoms with van der Waals surface area (Å²) in [6.45, 7) is 3.97. The summed E-state index contributed by atoms with van der Waals surface area (Å²) in [5.41, 5.74) is 0.326. The van der Waals surface area contributed by atoms with E-state index in [0.29, 0.717) is 6.54 Å². The molecular weight excluding hydrogens is 540 g/mol. The fourth-order valence-electron chi connectivity index (χ4n) is 5.04. The summed E-state index contributed by atoms with van der Waals surface area (Å²) in [5, 5.41) is 14.7. The first kappa shape index (κ1) is 29.2. The summed E-state index contributed by atoms with van der Waals surface area (Å²) in [6, 6.07) is 7.38. The van der Waals surface area contributed by atoms with E-state index in [9.17, 15) is 23.1 Å². The number of amides is 3. The first-order chi connectivity index (χ1) is 18.6. The van der Waals surface area contributed by atoms with Crippen molar-refractivity contribution in [3.8, 4) is 5.75 Å². The van der Waals surface area contributed by atoms with Gasteiger partial charge in [-0.2, -0.15) is 0 Å². The monoisotopic (exact) mass is 578 g/mol. The Morgan fingerprint density at radius 2 is 1.97 bits per heavy atom. The Morgan fingerprint density at radius 1 is 1.23 bits per heavy atom. The zero-order valence-electron chi connectivity index (χ0n) is 22.6. The van der Waals surface area contributed by atoms with Crippen LogP contribution in [0.15, 0.2) is 39.9 Å². The van der Waals surface area contributed by atoms with Crippen LogP contribution in [0.5, 0.6) is 5.75 Å². The van der Waals surface area contributed by atoms with Gasteiger partial charge in [-0.15, -0.1) is 11.3 Å². The number of hydrogen-bond acceptors (Lipinski definition) is 7. The summed E-state index contributed by atoms with van der Waals surface area (Å²) in [6.07, 6.45) is 4.77. The molecule has 2 aromatic rings. The van der Waals surface area contributed by atoms with Crippen molar-refractivity contribution in [2.24, 2.45) is 5.92 Å². The highest BCUT2D eigenvalue weighted by Gasteiger charge is 2.35. The number of rotatable bonds is 8. The molecule has 1 aliphatic carbocycles. The van der Waals surface area contributed by atoms with Crippen molar-refractivity contribution in [3.05, 3.63) is 41.3 Å². The van der Waals surface area contributed by atoms with Crippen molar-refractivity contribution in [1.82, 2.24) is 15.1 Å². The average molecular weight is 579 g/mol. The summed E-state index contributed by atoms with van der Waals surface area (Å²) < 4.78 is 35.3. The van der Waals surface area contributed by atoms with Crippen molar-refractivity contribution >= 4 is 39.0 Å². The van der Waals surface area contributed by atoms with Gasteiger partial charge < -0.3 is 25.0 Å². The molecule has 3 atom stereocenters. The lowest BCUT2D eigenvalue weighted by Gasteiger charge is -2.38. The van der Waals surface area contributed by atoms with Crippen molar-refractivity contribution in [2.75, 3.05) is 31.5 Å². The van der Waals surface area contributed by atoms with Crippen molar-refractivity contribution < 1.29 is 27.9 Å². The molecule has 39 heavy (non-hydrogen) atoms. The maximum atomic E-state index is 13.6. The number of carbonyl (C=O) groups is 2. The predicted octanol–water partition coefficient (Wildman–Crippen LogP) is 3.74. The summed E-state index contributed by atoms with van der Waals surface area (Å²) in [5.74, 6) is -0.490. The molecule has 3 amide bonds. The standard InChI is InChI=1S/C27H38N4O6S2/c1-18-15-31(19(2)17-32)26(33)21-11-7-12-22(29-39(35,36)24-13-8-14-38-24)25(21)37-23(18)16-30(3)27(34)28-20-9-5-4-6-10-20/h7-8,11-14,18-20,23,29,32H,4-6,9-10,15-17H2,1-3H3,(H,28,34)/t18-,19+,23+/m1/s1. The van der Waals surface area contributed by atoms with Gasteiger partial charge in [0.05, 0.1) is 30.4 Å². The Kier molecular flexibility index (Phi) is 9.39. The van der Waals surface area contributed by atoms with Crippen molar-refractivity contribution in [3.63, 3.8) is 0 Å². The third kappa shape index (κ3) is 6.85. The number of aliphatic hydroxyl groups is 1. The van der Waals surface area contributed by atoms with Gasteiger partial charge in [0.25, 0.3) is 15.9 Å². The van der Waals surface area contributed by atoms with Gasteiger partial charge in [0.15, 0.2) is 5.75 Å². The molecule has 0 bridgehead atoms. The summed E-state index contributed by atoms with van der Waals surface area (Å²) >= 11 is 1.08. The molecule has 0 saturated heterocycles. The van der Waals surface area contributed by atoms with E-state index in [1.807, 2.05) is 6.92 Å². The third-order valence-corrected chi connectivity index (χ3v) is 10.2. The molecule has 1 saturated carbocycles. The number of likely N-dealkylation sites (N-methyl/N-ethyl adjacent to an activating group) is 1. The van der Waals surface area contributed by atoms with Gasteiger partial charge in [-0.3, -0.25) is 9.52 Å². The minimum Gasteiger partial charge on any atom is -0.485 e. The first-order valence-corrected chi connectivity index (χ1v) is 15.8. The molecule has 1 aromatic carbocycles. The number of nitrogens with zero attached hydrogens (tertiary/aromatic N) is 2. The zero-order valence-corrected chi connectivity index (χ0v) is 24.3. The van der Waals surface area contributed by atoms with Gasteiger partial charge in [-0.05, 0) is 43.3 Å². The Morgan fingerprint density at radius 3 is 2.64 bits per heavy atom. The quantitative estimate of drug-likeness (QED) is 0.438. The van der Waals surface area contributed by atoms with E-state index in [4.69, 9.17) is 4.74 Å². The Bertz CT molecular complexity index is 1250. The van der Waals surface area contributed by atoms with Gasteiger partial charge in [0, 0.05) is 25.6 Å². The number of aliphatic hydroxyl groups excluding tert-OH is 1. The molecule has 4 rings (SSSR count). The molecular formula is C27H38N4O6S2. The molecule has 1 aliphatic heterocycles.